The standard InChI is InChI=1S/C11H13F3N2O/c12-11(13,14)7-17-10-3-4-15-5-8(10)6-16-9-1-2-9/h3-5,9,16H,1-2,6-7H2. The molecule has 0 spiro atoms. The zero-order valence-corrected chi connectivity index (χ0v) is 9.13. The van der Waals surface area contributed by atoms with Crippen LogP contribution in [0.3, 0.4) is 0 Å². The van der Waals surface area contributed by atoms with Gasteiger partial charge in [-0.1, -0.05) is 0 Å². The van der Waals surface area contributed by atoms with Crippen molar-refractivity contribution in [2.75, 3.05) is 6.61 Å². The average molecular weight is 246 g/mol. The van der Waals surface area contributed by atoms with Crippen molar-refractivity contribution in [3.63, 3.8) is 0 Å². The molecule has 1 aliphatic rings. The molecule has 1 aromatic rings. The second-order valence-corrected chi connectivity index (χ2v) is 4.04. The van der Waals surface area contributed by atoms with Crippen molar-refractivity contribution >= 4 is 0 Å². The quantitative estimate of drug-likeness (QED) is 0.865. The van der Waals surface area contributed by atoms with Gasteiger partial charge in [0.2, 0.25) is 0 Å². The van der Waals surface area contributed by atoms with Gasteiger partial charge in [-0.15, -0.1) is 0 Å². The highest BCUT2D eigenvalue weighted by Crippen LogP contribution is 2.23. The van der Waals surface area contributed by atoms with E-state index in [0.29, 0.717) is 18.2 Å². The maximum absolute atomic E-state index is 12.0. The van der Waals surface area contributed by atoms with E-state index in [0.717, 1.165) is 12.8 Å². The largest absolute Gasteiger partial charge is 0.484 e. The Morgan fingerprint density at radius 3 is 2.82 bits per heavy atom. The summed E-state index contributed by atoms with van der Waals surface area (Å²) in [5.74, 6) is 0.241. The van der Waals surface area contributed by atoms with Gasteiger partial charge in [-0.2, -0.15) is 13.2 Å². The summed E-state index contributed by atoms with van der Waals surface area (Å²) >= 11 is 0. The Morgan fingerprint density at radius 1 is 1.41 bits per heavy atom. The highest BCUT2D eigenvalue weighted by Gasteiger charge is 2.29. The number of aromatic nitrogens is 1. The summed E-state index contributed by atoms with van der Waals surface area (Å²) in [7, 11) is 0. The lowest BCUT2D eigenvalue weighted by Crippen LogP contribution is -2.21. The number of rotatable bonds is 5. The Balaban J connectivity index is 1.94. The van der Waals surface area contributed by atoms with Gasteiger partial charge in [0.15, 0.2) is 6.61 Å². The molecule has 0 aliphatic heterocycles. The second kappa shape index (κ2) is 4.91. The molecule has 0 amide bonds. The molecular weight excluding hydrogens is 233 g/mol. The lowest BCUT2D eigenvalue weighted by Gasteiger charge is -2.12. The molecule has 1 N–H and O–H groups in total. The molecule has 94 valence electrons. The van der Waals surface area contributed by atoms with Crippen LogP contribution in [-0.4, -0.2) is 23.8 Å². The van der Waals surface area contributed by atoms with Gasteiger partial charge >= 0.3 is 6.18 Å². The van der Waals surface area contributed by atoms with E-state index in [-0.39, 0.29) is 5.75 Å². The van der Waals surface area contributed by atoms with Crippen LogP contribution in [0.5, 0.6) is 5.75 Å². The van der Waals surface area contributed by atoms with Gasteiger partial charge in [-0.25, -0.2) is 0 Å². The second-order valence-electron chi connectivity index (χ2n) is 4.04. The first kappa shape index (κ1) is 12.2. The minimum absolute atomic E-state index is 0.241. The molecule has 0 saturated heterocycles. The van der Waals surface area contributed by atoms with Crippen LogP contribution in [0.2, 0.25) is 0 Å². The van der Waals surface area contributed by atoms with Crippen molar-refractivity contribution in [1.82, 2.24) is 10.3 Å². The smallest absolute Gasteiger partial charge is 0.422 e. The first-order chi connectivity index (χ1) is 8.04. The van der Waals surface area contributed by atoms with Crippen LogP contribution in [0.15, 0.2) is 18.5 Å². The van der Waals surface area contributed by atoms with Crippen LogP contribution >= 0.6 is 0 Å². The summed E-state index contributed by atoms with van der Waals surface area (Å²) in [5.41, 5.74) is 0.656. The van der Waals surface area contributed by atoms with E-state index in [4.69, 9.17) is 4.74 Å². The van der Waals surface area contributed by atoms with Crippen molar-refractivity contribution in [1.29, 1.82) is 0 Å². The predicted molar refractivity (Wildman–Crippen MR) is 55.6 cm³/mol. The molecule has 1 aromatic heterocycles. The SMILES string of the molecule is FC(F)(F)COc1ccncc1CNC1CC1. The molecule has 1 aliphatic carbocycles. The zero-order valence-electron chi connectivity index (χ0n) is 9.13. The van der Waals surface area contributed by atoms with Gasteiger partial charge in [0.1, 0.15) is 5.75 Å². The number of hydrogen-bond acceptors (Lipinski definition) is 3. The fraction of sp³-hybridized carbons (Fsp3) is 0.545. The Bertz CT molecular complexity index is 377. The summed E-state index contributed by atoms with van der Waals surface area (Å²) in [6.45, 7) is -0.779. The first-order valence-corrected chi connectivity index (χ1v) is 5.40. The number of ether oxygens (including phenoxy) is 1. The van der Waals surface area contributed by atoms with Crippen LogP contribution in [0, 0.1) is 0 Å². The van der Waals surface area contributed by atoms with E-state index >= 15 is 0 Å². The number of pyridine rings is 1. The van der Waals surface area contributed by atoms with Crippen LogP contribution < -0.4 is 10.1 Å². The van der Waals surface area contributed by atoms with E-state index in [1.54, 1.807) is 0 Å². The minimum atomic E-state index is -4.32. The summed E-state index contributed by atoms with van der Waals surface area (Å²) in [5, 5.41) is 3.21. The van der Waals surface area contributed by atoms with Gasteiger partial charge in [-0.3, -0.25) is 4.98 Å². The number of nitrogens with one attached hydrogen (secondary N) is 1. The van der Waals surface area contributed by atoms with Crippen LogP contribution in [0.25, 0.3) is 0 Å². The van der Waals surface area contributed by atoms with E-state index in [9.17, 15) is 13.2 Å². The molecule has 1 saturated carbocycles. The third kappa shape index (κ3) is 4.22. The maximum Gasteiger partial charge on any atom is 0.422 e. The van der Waals surface area contributed by atoms with Crippen molar-refractivity contribution in [2.24, 2.45) is 0 Å². The third-order valence-electron chi connectivity index (χ3n) is 2.41. The lowest BCUT2D eigenvalue weighted by atomic mass is 10.2. The number of halogens is 3. The van der Waals surface area contributed by atoms with E-state index in [1.807, 2.05) is 0 Å². The minimum Gasteiger partial charge on any atom is -0.484 e. The third-order valence-corrected chi connectivity index (χ3v) is 2.41. The van der Waals surface area contributed by atoms with E-state index in [1.165, 1.54) is 18.5 Å². The number of nitrogens with zero attached hydrogens (tertiary/aromatic N) is 1. The fourth-order valence-corrected chi connectivity index (χ4v) is 1.39. The van der Waals surface area contributed by atoms with Crippen molar-refractivity contribution < 1.29 is 17.9 Å². The fourth-order valence-electron chi connectivity index (χ4n) is 1.39. The number of hydrogen-bond donors (Lipinski definition) is 1. The molecule has 2 rings (SSSR count). The van der Waals surface area contributed by atoms with Crippen LogP contribution in [0.4, 0.5) is 13.2 Å². The van der Waals surface area contributed by atoms with Gasteiger partial charge in [-0.05, 0) is 18.9 Å². The van der Waals surface area contributed by atoms with Gasteiger partial charge in [0.05, 0.1) is 0 Å². The van der Waals surface area contributed by atoms with Crippen molar-refractivity contribution in [3.8, 4) is 5.75 Å². The number of alkyl halides is 3. The summed E-state index contributed by atoms with van der Waals surface area (Å²) in [6, 6.07) is 1.95. The van der Waals surface area contributed by atoms with Gasteiger partial charge in [0, 0.05) is 30.5 Å². The Morgan fingerprint density at radius 2 is 2.18 bits per heavy atom. The maximum atomic E-state index is 12.0. The monoisotopic (exact) mass is 246 g/mol. The topological polar surface area (TPSA) is 34.1 Å². The van der Waals surface area contributed by atoms with Gasteiger partial charge in [0.25, 0.3) is 0 Å². The van der Waals surface area contributed by atoms with Crippen LogP contribution in [0.1, 0.15) is 18.4 Å². The van der Waals surface area contributed by atoms with E-state index < -0.39 is 12.8 Å². The zero-order chi connectivity index (χ0) is 12.3. The molecule has 1 fully saturated rings. The Kier molecular flexibility index (Phi) is 3.51. The van der Waals surface area contributed by atoms with Crippen molar-refractivity contribution in [3.05, 3.63) is 24.0 Å². The highest BCUT2D eigenvalue weighted by molar-refractivity contribution is 5.30. The molecule has 3 nitrogen and oxygen atoms in total. The summed E-state index contributed by atoms with van der Waals surface area (Å²) in [4.78, 5) is 3.89. The van der Waals surface area contributed by atoms with E-state index in [2.05, 4.69) is 10.3 Å². The Labute approximate surface area is 97.0 Å². The predicted octanol–water partition coefficient (Wildman–Crippen LogP) is 2.27. The molecule has 0 atom stereocenters. The Hall–Kier alpha value is -1.30. The van der Waals surface area contributed by atoms with Gasteiger partial charge < -0.3 is 10.1 Å². The molecule has 6 heteroatoms. The molecule has 0 bridgehead atoms. The normalized spacial score (nSPS) is 15.9. The molecule has 1 heterocycles. The molecular formula is C11H13F3N2O. The molecule has 17 heavy (non-hydrogen) atoms. The first-order valence-electron chi connectivity index (χ1n) is 5.40. The molecule has 0 aromatic carbocycles. The van der Waals surface area contributed by atoms with Crippen molar-refractivity contribution in [2.45, 2.75) is 31.6 Å². The lowest BCUT2D eigenvalue weighted by molar-refractivity contribution is -0.153. The average Bonchev–Trinajstić information content (AvgIpc) is 3.07. The summed E-state index contributed by atoms with van der Waals surface area (Å²) in [6.07, 6.45) is 0.885. The molecule has 0 unspecified atom stereocenters. The highest BCUT2D eigenvalue weighted by atomic mass is 19.4. The molecule has 0 radical (unpaired) electrons. The summed E-state index contributed by atoms with van der Waals surface area (Å²) < 4.78 is 40.9. The van der Waals surface area contributed by atoms with Crippen LogP contribution in [-0.2, 0) is 6.54 Å².